The molecule has 3 aromatic rings. The highest BCUT2D eigenvalue weighted by atomic mass is 79.9. The molecule has 2 heterocycles. The Kier molecular flexibility index (Phi) is 4.76. The summed E-state index contributed by atoms with van der Waals surface area (Å²) in [4.78, 5) is 18.5. The molecule has 0 spiro atoms. The normalized spacial score (nSPS) is 10.6. The van der Waals surface area contributed by atoms with Gasteiger partial charge in [-0.3, -0.25) is 9.69 Å². The number of amides is 1. The van der Waals surface area contributed by atoms with E-state index in [1.54, 1.807) is 41.4 Å². The van der Waals surface area contributed by atoms with Crippen molar-refractivity contribution in [2.24, 2.45) is 0 Å². The molecule has 0 radical (unpaired) electrons. The summed E-state index contributed by atoms with van der Waals surface area (Å²) in [5.74, 6) is -0.206. The zero-order valence-electron chi connectivity index (χ0n) is 13.0. The second kappa shape index (κ2) is 6.97. The molecule has 1 amide bonds. The number of anilines is 1. The third-order valence-electron chi connectivity index (χ3n) is 3.63. The van der Waals surface area contributed by atoms with Gasteiger partial charge in [0.25, 0.3) is 5.91 Å². The fourth-order valence-corrected chi connectivity index (χ4v) is 2.67. The number of nitrogens with zero attached hydrogens (tertiary/aromatic N) is 3. The van der Waals surface area contributed by atoms with Crippen molar-refractivity contribution >= 4 is 27.7 Å². The van der Waals surface area contributed by atoms with Crippen LogP contribution >= 0.6 is 15.9 Å². The van der Waals surface area contributed by atoms with Gasteiger partial charge in [-0.05, 0) is 65.3 Å². The molecule has 0 N–H and O–H groups in total. The third kappa shape index (κ3) is 3.23. The number of aromatic nitrogens is 2. The molecule has 0 atom stereocenters. The molecule has 0 fully saturated rings. The van der Waals surface area contributed by atoms with Gasteiger partial charge >= 0.3 is 0 Å². The van der Waals surface area contributed by atoms with Crippen LogP contribution < -0.4 is 4.90 Å². The topological polar surface area (TPSA) is 38.1 Å². The van der Waals surface area contributed by atoms with Gasteiger partial charge in [-0.15, -0.1) is 0 Å². The van der Waals surface area contributed by atoms with E-state index >= 15 is 0 Å². The molecule has 1 aromatic carbocycles. The fraction of sp³-hybridized carbons (Fsp3) is 0.111. The van der Waals surface area contributed by atoms with Gasteiger partial charge < -0.3 is 4.57 Å². The SMILES string of the molecule is CCN(C(=O)c1ccc(-n2cccc2)c(F)c1)c1ccc(Br)cn1. The Labute approximate surface area is 147 Å². The lowest BCUT2D eigenvalue weighted by Gasteiger charge is -2.20. The summed E-state index contributed by atoms with van der Waals surface area (Å²) in [7, 11) is 0. The van der Waals surface area contributed by atoms with E-state index < -0.39 is 5.82 Å². The maximum atomic E-state index is 14.4. The lowest BCUT2D eigenvalue weighted by molar-refractivity contribution is 0.0987. The van der Waals surface area contributed by atoms with E-state index in [-0.39, 0.29) is 11.5 Å². The lowest BCUT2D eigenvalue weighted by Crippen LogP contribution is -2.31. The minimum atomic E-state index is -0.447. The van der Waals surface area contributed by atoms with E-state index in [0.717, 1.165) is 4.47 Å². The van der Waals surface area contributed by atoms with Crippen LogP contribution in [0.3, 0.4) is 0 Å². The molecule has 0 saturated heterocycles. The summed E-state index contributed by atoms with van der Waals surface area (Å²) in [5.41, 5.74) is 0.691. The van der Waals surface area contributed by atoms with Gasteiger partial charge in [0.1, 0.15) is 11.6 Å². The molecule has 6 heteroatoms. The number of benzene rings is 1. The van der Waals surface area contributed by atoms with Crippen LogP contribution in [0.5, 0.6) is 0 Å². The third-order valence-corrected chi connectivity index (χ3v) is 4.10. The number of rotatable bonds is 4. The first-order valence-corrected chi connectivity index (χ1v) is 8.25. The van der Waals surface area contributed by atoms with Gasteiger partial charge in [-0.2, -0.15) is 0 Å². The summed E-state index contributed by atoms with van der Waals surface area (Å²) in [5, 5.41) is 0. The maximum absolute atomic E-state index is 14.4. The zero-order valence-corrected chi connectivity index (χ0v) is 14.6. The Hall–Kier alpha value is -2.47. The van der Waals surface area contributed by atoms with Crippen molar-refractivity contribution in [3.05, 3.63) is 76.9 Å². The molecule has 0 bridgehead atoms. The molecular formula is C18H15BrFN3O. The van der Waals surface area contributed by atoms with Gasteiger partial charge in [0.05, 0.1) is 5.69 Å². The molecule has 0 aliphatic heterocycles. The Morgan fingerprint density at radius 3 is 2.58 bits per heavy atom. The van der Waals surface area contributed by atoms with Gasteiger partial charge in [-0.25, -0.2) is 9.37 Å². The van der Waals surface area contributed by atoms with Crippen molar-refractivity contribution < 1.29 is 9.18 Å². The average molecular weight is 388 g/mol. The first-order chi connectivity index (χ1) is 11.6. The summed E-state index contributed by atoms with van der Waals surface area (Å²) < 4.78 is 16.9. The minimum absolute atomic E-state index is 0.287. The highest BCUT2D eigenvalue weighted by Gasteiger charge is 2.18. The van der Waals surface area contributed by atoms with Crippen molar-refractivity contribution in [3.8, 4) is 5.69 Å². The Bertz CT molecular complexity index is 847. The van der Waals surface area contributed by atoms with Crippen LogP contribution in [0.15, 0.2) is 65.5 Å². The van der Waals surface area contributed by atoms with E-state index in [0.29, 0.717) is 18.1 Å². The van der Waals surface area contributed by atoms with Crippen molar-refractivity contribution in [2.45, 2.75) is 6.92 Å². The van der Waals surface area contributed by atoms with Crippen LogP contribution in [0.1, 0.15) is 17.3 Å². The maximum Gasteiger partial charge on any atom is 0.259 e. The van der Waals surface area contributed by atoms with Gasteiger partial charge in [0.2, 0.25) is 0 Å². The van der Waals surface area contributed by atoms with Crippen molar-refractivity contribution in [1.82, 2.24) is 9.55 Å². The van der Waals surface area contributed by atoms with Crippen LogP contribution in [0.2, 0.25) is 0 Å². The van der Waals surface area contributed by atoms with Crippen LogP contribution in [-0.2, 0) is 0 Å². The summed E-state index contributed by atoms with van der Waals surface area (Å²) in [6.45, 7) is 2.29. The van der Waals surface area contributed by atoms with E-state index in [2.05, 4.69) is 20.9 Å². The quantitative estimate of drug-likeness (QED) is 0.663. The summed E-state index contributed by atoms with van der Waals surface area (Å²) >= 11 is 3.32. The molecule has 24 heavy (non-hydrogen) atoms. The highest BCUT2D eigenvalue weighted by Crippen LogP contribution is 2.20. The van der Waals surface area contributed by atoms with E-state index in [1.807, 2.05) is 25.1 Å². The van der Waals surface area contributed by atoms with Gasteiger partial charge in [0.15, 0.2) is 0 Å². The summed E-state index contributed by atoms with van der Waals surface area (Å²) in [6.07, 6.45) is 5.13. The van der Waals surface area contributed by atoms with Crippen molar-refractivity contribution in [2.75, 3.05) is 11.4 Å². The number of pyridine rings is 1. The van der Waals surface area contributed by atoms with Gasteiger partial charge in [0, 0.05) is 35.2 Å². The predicted octanol–water partition coefficient (Wildman–Crippen LogP) is 4.44. The molecular weight excluding hydrogens is 373 g/mol. The van der Waals surface area contributed by atoms with Crippen LogP contribution in [0.25, 0.3) is 5.69 Å². The monoisotopic (exact) mass is 387 g/mol. The average Bonchev–Trinajstić information content (AvgIpc) is 3.11. The Morgan fingerprint density at radius 2 is 2.00 bits per heavy atom. The second-order valence-corrected chi connectivity index (χ2v) is 6.06. The second-order valence-electron chi connectivity index (χ2n) is 5.14. The Morgan fingerprint density at radius 1 is 1.25 bits per heavy atom. The Balaban J connectivity index is 1.91. The van der Waals surface area contributed by atoms with Crippen molar-refractivity contribution in [1.29, 1.82) is 0 Å². The molecule has 0 saturated carbocycles. The molecule has 0 aliphatic rings. The molecule has 2 aromatic heterocycles. The van der Waals surface area contributed by atoms with E-state index in [1.165, 1.54) is 11.0 Å². The molecule has 3 rings (SSSR count). The largest absolute Gasteiger partial charge is 0.321 e. The van der Waals surface area contributed by atoms with E-state index in [9.17, 15) is 9.18 Å². The minimum Gasteiger partial charge on any atom is -0.321 e. The number of hydrogen-bond donors (Lipinski definition) is 0. The number of carbonyl (C=O) groups excluding carboxylic acids is 1. The van der Waals surface area contributed by atoms with E-state index in [4.69, 9.17) is 0 Å². The standard InChI is InChI=1S/C18H15BrFN3O/c1-2-23(17-8-6-14(19)12-21-17)18(24)13-5-7-16(15(20)11-13)22-9-3-4-10-22/h3-12H,2H2,1H3. The van der Waals surface area contributed by atoms with Crippen LogP contribution in [-0.4, -0.2) is 22.0 Å². The molecule has 0 aliphatic carbocycles. The molecule has 4 nitrogen and oxygen atoms in total. The number of carbonyl (C=O) groups is 1. The van der Waals surface area contributed by atoms with Gasteiger partial charge in [-0.1, -0.05) is 0 Å². The molecule has 0 unspecified atom stereocenters. The zero-order chi connectivity index (χ0) is 17.1. The first kappa shape index (κ1) is 16.4. The summed E-state index contributed by atoms with van der Waals surface area (Å²) in [6, 6.07) is 11.7. The fourth-order valence-electron chi connectivity index (χ4n) is 2.44. The smallest absolute Gasteiger partial charge is 0.259 e. The predicted molar refractivity (Wildman–Crippen MR) is 95.0 cm³/mol. The van der Waals surface area contributed by atoms with Crippen LogP contribution in [0.4, 0.5) is 10.2 Å². The molecule has 122 valence electrons. The highest BCUT2D eigenvalue weighted by molar-refractivity contribution is 9.10. The first-order valence-electron chi connectivity index (χ1n) is 7.46. The number of halogens is 2. The van der Waals surface area contributed by atoms with Crippen molar-refractivity contribution in [3.63, 3.8) is 0 Å². The lowest BCUT2D eigenvalue weighted by atomic mass is 10.1. The number of hydrogen-bond acceptors (Lipinski definition) is 2. The van der Waals surface area contributed by atoms with Crippen LogP contribution in [0, 0.1) is 5.82 Å².